The third-order valence-corrected chi connectivity index (χ3v) is 4.17. The first kappa shape index (κ1) is 15.5. The summed E-state index contributed by atoms with van der Waals surface area (Å²) >= 11 is 0. The molecule has 1 aromatic carbocycles. The van der Waals surface area contributed by atoms with E-state index in [1.807, 2.05) is 12.1 Å². The molecule has 5 nitrogen and oxygen atoms in total. The molecule has 1 aromatic heterocycles. The Labute approximate surface area is 135 Å². The third-order valence-electron chi connectivity index (χ3n) is 4.17. The predicted octanol–water partition coefficient (Wildman–Crippen LogP) is 3.29. The topological polar surface area (TPSA) is 57.7 Å². The summed E-state index contributed by atoms with van der Waals surface area (Å²) in [4.78, 5) is 2.09. The molecule has 1 atom stereocenters. The summed E-state index contributed by atoms with van der Waals surface area (Å²) in [5.74, 6) is 0.909. The number of hydrogen-bond donors (Lipinski definition) is 0. The SMILES string of the molecule is CC(C)Cn1cnnc1C1CCCN1c1cccc(F)c1C#N. The van der Waals surface area contributed by atoms with Crippen LogP contribution in [-0.4, -0.2) is 21.3 Å². The van der Waals surface area contributed by atoms with Gasteiger partial charge in [-0.1, -0.05) is 19.9 Å². The molecule has 0 saturated carbocycles. The molecule has 0 bridgehead atoms. The van der Waals surface area contributed by atoms with Crippen molar-refractivity contribution < 1.29 is 4.39 Å². The fourth-order valence-corrected chi connectivity index (χ4v) is 3.24. The Hall–Kier alpha value is -2.42. The van der Waals surface area contributed by atoms with Gasteiger partial charge >= 0.3 is 0 Å². The first-order chi connectivity index (χ1) is 11.1. The normalized spacial score (nSPS) is 17.7. The van der Waals surface area contributed by atoms with Crippen LogP contribution in [0.25, 0.3) is 0 Å². The van der Waals surface area contributed by atoms with Gasteiger partial charge in [0.1, 0.15) is 23.8 Å². The molecule has 1 unspecified atom stereocenters. The van der Waals surface area contributed by atoms with Gasteiger partial charge in [0.05, 0.1) is 11.7 Å². The van der Waals surface area contributed by atoms with E-state index >= 15 is 0 Å². The van der Waals surface area contributed by atoms with Gasteiger partial charge in [0.2, 0.25) is 0 Å². The Morgan fingerprint density at radius 3 is 3.00 bits per heavy atom. The molecular formula is C17H20FN5. The molecule has 1 aliphatic heterocycles. The number of nitrogens with zero attached hydrogens (tertiary/aromatic N) is 5. The smallest absolute Gasteiger partial charge is 0.155 e. The summed E-state index contributed by atoms with van der Waals surface area (Å²) in [6, 6.07) is 6.82. The monoisotopic (exact) mass is 313 g/mol. The van der Waals surface area contributed by atoms with Crippen molar-refractivity contribution >= 4 is 5.69 Å². The lowest BCUT2D eigenvalue weighted by atomic mass is 10.1. The van der Waals surface area contributed by atoms with Gasteiger partial charge in [-0.25, -0.2) is 4.39 Å². The molecule has 23 heavy (non-hydrogen) atoms. The molecule has 6 heteroatoms. The van der Waals surface area contributed by atoms with Crippen LogP contribution < -0.4 is 4.90 Å². The van der Waals surface area contributed by atoms with Crippen LogP contribution >= 0.6 is 0 Å². The Morgan fingerprint density at radius 1 is 1.43 bits per heavy atom. The first-order valence-corrected chi connectivity index (χ1v) is 7.94. The molecule has 0 spiro atoms. The minimum absolute atomic E-state index is 0.0325. The maximum atomic E-state index is 13.9. The Balaban J connectivity index is 1.98. The van der Waals surface area contributed by atoms with Crippen molar-refractivity contribution in [3.05, 3.63) is 41.7 Å². The van der Waals surface area contributed by atoms with Crippen LogP contribution in [0.2, 0.25) is 0 Å². The zero-order valence-corrected chi connectivity index (χ0v) is 13.4. The van der Waals surface area contributed by atoms with Crippen molar-refractivity contribution in [1.82, 2.24) is 14.8 Å². The van der Waals surface area contributed by atoms with Crippen molar-refractivity contribution in [2.45, 2.75) is 39.3 Å². The number of anilines is 1. The molecule has 0 aliphatic carbocycles. The van der Waals surface area contributed by atoms with E-state index in [0.29, 0.717) is 11.6 Å². The van der Waals surface area contributed by atoms with Gasteiger partial charge in [0.15, 0.2) is 5.82 Å². The molecule has 2 heterocycles. The molecular weight excluding hydrogens is 293 g/mol. The highest BCUT2D eigenvalue weighted by Crippen LogP contribution is 2.37. The van der Waals surface area contributed by atoms with Crippen molar-refractivity contribution in [2.75, 3.05) is 11.4 Å². The highest BCUT2D eigenvalue weighted by atomic mass is 19.1. The van der Waals surface area contributed by atoms with E-state index in [1.165, 1.54) is 6.07 Å². The van der Waals surface area contributed by atoms with Crippen molar-refractivity contribution in [3.63, 3.8) is 0 Å². The fourth-order valence-electron chi connectivity index (χ4n) is 3.24. The second-order valence-corrected chi connectivity index (χ2v) is 6.33. The average molecular weight is 313 g/mol. The van der Waals surface area contributed by atoms with Crippen LogP contribution in [0.3, 0.4) is 0 Å². The largest absolute Gasteiger partial charge is 0.360 e. The maximum Gasteiger partial charge on any atom is 0.155 e. The molecule has 0 amide bonds. The first-order valence-electron chi connectivity index (χ1n) is 7.94. The lowest BCUT2D eigenvalue weighted by molar-refractivity contribution is 0.487. The van der Waals surface area contributed by atoms with Crippen molar-refractivity contribution in [1.29, 1.82) is 5.26 Å². The predicted molar refractivity (Wildman–Crippen MR) is 85.3 cm³/mol. The number of hydrogen-bond acceptors (Lipinski definition) is 4. The zero-order chi connectivity index (χ0) is 16.4. The molecule has 2 aromatic rings. The number of benzene rings is 1. The molecule has 120 valence electrons. The van der Waals surface area contributed by atoms with E-state index in [-0.39, 0.29) is 11.6 Å². The second kappa shape index (κ2) is 6.37. The van der Waals surface area contributed by atoms with Crippen LogP contribution in [0.4, 0.5) is 10.1 Å². The maximum absolute atomic E-state index is 13.9. The van der Waals surface area contributed by atoms with E-state index in [9.17, 15) is 9.65 Å². The van der Waals surface area contributed by atoms with Crippen LogP contribution in [0.1, 0.15) is 44.1 Å². The lowest BCUT2D eigenvalue weighted by Gasteiger charge is -2.27. The van der Waals surface area contributed by atoms with Crippen LogP contribution in [0.5, 0.6) is 0 Å². The highest BCUT2D eigenvalue weighted by Gasteiger charge is 2.32. The van der Waals surface area contributed by atoms with E-state index in [1.54, 1.807) is 12.4 Å². The summed E-state index contributed by atoms with van der Waals surface area (Å²) < 4.78 is 16.0. The van der Waals surface area contributed by atoms with Crippen LogP contribution in [-0.2, 0) is 6.54 Å². The van der Waals surface area contributed by atoms with Gasteiger partial charge in [-0.05, 0) is 30.9 Å². The third kappa shape index (κ3) is 2.91. The van der Waals surface area contributed by atoms with Gasteiger partial charge in [-0.3, -0.25) is 0 Å². The second-order valence-electron chi connectivity index (χ2n) is 6.33. The quantitative estimate of drug-likeness (QED) is 0.869. The van der Waals surface area contributed by atoms with Crippen molar-refractivity contribution in [3.8, 4) is 6.07 Å². The average Bonchev–Trinajstić information content (AvgIpc) is 3.14. The fraction of sp³-hybridized carbons (Fsp3) is 0.471. The minimum atomic E-state index is -0.473. The van der Waals surface area contributed by atoms with Gasteiger partial charge in [0, 0.05) is 13.1 Å². The standard InChI is InChI=1S/C17H20FN5/c1-12(2)10-22-11-20-21-17(22)16-7-4-8-23(16)15-6-3-5-14(18)13(15)9-19/h3,5-6,11-12,16H,4,7-8,10H2,1-2H3. The van der Waals surface area contributed by atoms with Crippen LogP contribution in [0.15, 0.2) is 24.5 Å². The Kier molecular flexibility index (Phi) is 4.28. The van der Waals surface area contributed by atoms with Gasteiger partial charge in [-0.15, -0.1) is 10.2 Å². The van der Waals surface area contributed by atoms with Gasteiger partial charge in [0.25, 0.3) is 0 Å². The zero-order valence-electron chi connectivity index (χ0n) is 13.4. The van der Waals surface area contributed by atoms with Crippen LogP contribution in [0, 0.1) is 23.1 Å². The van der Waals surface area contributed by atoms with Gasteiger partial charge < -0.3 is 9.47 Å². The Bertz CT molecular complexity index is 731. The van der Waals surface area contributed by atoms with E-state index < -0.39 is 5.82 Å². The molecule has 1 fully saturated rings. The number of rotatable bonds is 4. The highest BCUT2D eigenvalue weighted by molar-refractivity contribution is 5.61. The summed E-state index contributed by atoms with van der Waals surface area (Å²) in [5, 5.41) is 17.7. The molecule has 0 N–H and O–H groups in total. The van der Waals surface area contributed by atoms with E-state index in [0.717, 1.165) is 31.8 Å². The summed E-state index contributed by atoms with van der Waals surface area (Å²) in [6.07, 6.45) is 3.67. The molecule has 0 radical (unpaired) electrons. The number of nitriles is 1. The van der Waals surface area contributed by atoms with E-state index in [4.69, 9.17) is 0 Å². The molecule has 3 rings (SSSR count). The molecule has 1 aliphatic rings. The van der Waals surface area contributed by atoms with Crippen molar-refractivity contribution in [2.24, 2.45) is 5.92 Å². The minimum Gasteiger partial charge on any atom is -0.360 e. The number of halogens is 1. The Morgan fingerprint density at radius 2 is 2.26 bits per heavy atom. The molecule has 1 saturated heterocycles. The summed E-state index contributed by atoms with van der Waals surface area (Å²) in [5.41, 5.74) is 0.753. The lowest BCUT2D eigenvalue weighted by Crippen LogP contribution is -2.26. The van der Waals surface area contributed by atoms with Gasteiger partial charge in [-0.2, -0.15) is 5.26 Å². The number of aromatic nitrogens is 3. The van der Waals surface area contributed by atoms with E-state index in [2.05, 4.69) is 33.5 Å². The summed E-state index contributed by atoms with van der Waals surface area (Å²) in [7, 11) is 0. The summed E-state index contributed by atoms with van der Waals surface area (Å²) in [6.45, 7) is 5.94.